The van der Waals surface area contributed by atoms with Crippen LogP contribution < -0.4 is 0 Å². The summed E-state index contributed by atoms with van der Waals surface area (Å²) in [4.78, 5) is 10.9. The van der Waals surface area contributed by atoms with Crippen LogP contribution in [0, 0.1) is 0 Å². The summed E-state index contributed by atoms with van der Waals surface area (Å²) in [6, 6.07) is 0. The van der Waals surface area contributed by atoms with Crippen LogP contribution in [0.4, 0.5) is 0 Å². The van der Waals surface area contributed by atoms with Gasteiger partial charge in [-0.2, -0.15) is 12.6 Å². The number of rotatable bonds is 0. The molecule has 1 fully saturated rings. The van der Waals surface area contributed by atoms with E-state index in [0.717, 1.165) is 0 Å². The molecule has 2 nitrogen and oxygen atoms in total. The molecule has 3 unspecified atom stereocenters. The maximum atomic E-state index is 10.9. The predicted octanol–water partition coefficient (Wildman–Crippen LogP) is 0.661. The average Bonchev–Trinajstić information content (AvgIpc) is 1.98. The smallest absolute Gasteiger partial charge is 0.176 e. The van der Waals surface area contributed by atoms with Crippen molar-refractivity contribution >= 4 is 18.4 Å². The van der Waals surface area contributed by atoms with Gasteiger partial charge in [0.1, 0.15) is 6.10 Å². The molecule has 0 bridgehead atoms. The highest BCUT2D eigenvalue weighted by atomic mass is 32.1. The molecule has 0 aliphatic carbocycles. The van der Waals surface area contributed by atoms with Gasteiger partial charge in [-0.3, -0.25) is 4.79 Å². The van der Waals surface area contributed by atoms with Gasteiger partial charge in [0.25, 0.3) is 0 Å². The average molecular weight is 146 g/mol. The predicted molar refractivity (Wildman–Crippen MR) is 37.8 cm³/mol. The lowest BCUT2D eigenvalue weighted by molar-refractivity contribution is -0.121. The van der Waals surface area contributed by atoms with Crippen molar-refractivity contribution in [3.8, 4) is 0 Å². The first-order valence-electron chi connectivity index (χ1n) is 3.00. The maximum absolute atomic E-state index is 10.9. The molecular weight excluding hydrogens is 136 g/mol. The molecule has 3 atom stereocenters. The second-order valence-electron chi connectivity index (χ2n) is 2.33. The summed E-state index contributed by atoms with van der Waals surface area (Å²) in [5.74, 6) is 0.103. The maximum Gasteiger partial charge on any atom is 0.176 e. The molecule has 1 aliphatic heterocycles. The van der Waals surface area contributed by atoms with E-state index in [4.69, 9.17) is 4.74 Å². The van der Waals surface area contributed by atoms with E-state index in [0.29, 0.717) is 0 Å². The molecule has 0 aromatic heterocycles. The minimum atomic E-state index is -0.248. The van der Waals surface area contributed by atoms with E-state index in [2.05, 4.69) is 12.6 Å². The number of hydrogen-bond acceptors (Lipinski definition) is 3. The van der Waals surface area contributed by atoms with E-state index in [1.165, 1.54) is 0 Å². The molecule has 1 rings (SSSR count). The molecule has 0 aromatic carbocycles. The molecule has 0 N–H and O–H groups in total. The Hall–Kier alpha value is -0.0200. The van der Waals surface area contributed by atoms with E-state index >= 15 is 0 Å². The van der Waals surface area contributed by atoms with Gasteiger partial charge in [-0.15, -0.1) is 0 Å². The van der Waals surface area contributed by atoms with Crippen molar-refractivity contribution in [3.63, 3.8) is 0 Å². The molecule has 52 valence electrons. The van der Waals surface area contributed by atoms with Crippen molar-refractivity contribution in [1.29, 1.82) is 0 Å². The lowest BCUT2D eigenvalue weighted by Crippen LogP contribution is -2.18. The molecule has 1 heterocycles. The quantitative estimate of drug-likeness (QED) is 0.508. The van der Waals surface area contributed by atoms with Gasteiger partial charge in [-0.25, -0.2) is 0 Å². The van der Waals surface area contributed by atoms with E-state index in [1.54, 1.807) is 6.92 Å². The fraction of sp³-hybridized carbons (Fsp3) is 0.833. The van der Waals surface area contributed by atoms with Crippen molar-refractivity contribution in [2.45, 2.75) is 31.3 Å². The fourth-order valence-corrected chi connectivity index (χ4v) is 1.22. The molecule has 0 radical (unpaired) electrons. The monoisotopic (exact) mass is 146 g/mol. The van der Waals surface area contributed by atoms with Gasteiger partial charge in [0.15, 0.2) is 5.78 Å². The summed E-state index contributed by atoms with van der Waals surface area (Å²) in [7, 11) is 0. The lowest BCUT2D eigenvalue weighted by atomic mass is 10.2. The number of carbonyl (C=O) groups is 1. The third-order valence-corrected chi connectivity index (χ3v) is 2.23. The van der Waals surface area contributed by atoms with E-state index < -0.39 is 0 Å². The van der Waals surface area contributed by atoms with Crippen molar-refractivity contribution in [2.24, 2.45) is 0 Å². The SMILES string of the molecule is CC1OC(C)C(S)C1=O. The Kier molecular flexibility index (Phi) is 1.82. The Morgan fingerprint density at radius 1 is 1.56 bits per heavy atom. The third kappa shape index (κ3) is 1.12. The van der Waals surface area contributed by atoms with Crippen LogP contribution >= 0.6 is 12.6 Å². The molecule has 1 aliphatic rings. The van der Waals surface area contributed by atoms with Crippen LogP contribution in [0.25, 0.3) is 0 Å². The highest BCUT2D eigenvalue weighted by Gasteiger charge is 2.35. The van der Waals surface area contributed by atoms with Gasteiger partial charge >= 0.3 is 0 Å². The minimum absolute atomic E-state index is 0.0177. The number of thiol groups is 1. The van der Waals surface area contributed by atoms with Gasteiger partial charge in [-0.1, -0.05) is 0 Å². The van der Waals surface area contributed by atoms with E-state index in [9.17, 15) is 4.79 Å². The normalized spacial score (nSPS) is 43.9. The zero-order valence-corrected chi connectivity index (χ0v) is 6.39. The largest absolute Gasteiger partial charge is 0.366 e. The second kappa shape index (κ2) is 2.31. The van der Waals surface area contributed by atoms with Crippen molar-refractivity contribution in [3.05, 3.63) is 0 Å². The van der Waals surface area contributed by atoms with Crippen LogP contribution in [0.2, 0.25) is 0 Å². The third-order valence-electron chi connectivity index (χ3n) is 1.56. The number of ether oxygens (including phenoxy) is 1. The molecule has 1 saturated heterocycles. The molecule has 0 saturated carbocycles. The zero-order chi connectivity index (χ0) is 7.02. The van der Waals surface area contributed by atoms with Crippen LogP contribution in [0.1, 0.15) is 13.8 Å². The fourth-order valence-electron chi connectivity index (χ4n) is 0.935. The standard InChI is InChI=1S/C6H10O2S/c1-3-5(7)6(9)4(2)8-3/h3-4,6,9H,1-2H3. The molecular formula is C6H10O2S. The molecule has 0 spiro atoms. The van der Waals surface area contributed by atoms with Gasteiger partial charge in [0.2, 0.25) is 0 Å². The molecule has 0 aromatic rings. The van der Waals surface area contributed by atoms with Crippen LogP contribution in [-0.4, -0.2) is 23.2 Å². The summed E-state index contributed by atoms with van der Waals surface area (Å²) in [5.41, 5.74) is 0. The van der Waals surface area contributed by atoms with Gasteiger partial charge in [0.05, 0.1) is 11.4 Å². The Bertz CT molecular complexity index is 135. The number of ketones is 1. The lowest BCUT2D eigenvalue weighted by Gasteiger charge is -2.02. The molecule has 9 heavy (non-hydrogen) atoms. The van der Waals surface area contributed by atoms with Crippen LogP contribution in [0.15, 0.2) is 0 Å². The van der Waals surface area contributed by atoms with Crippen molar-refractivity contribution in [2.75, 3.05) is 0 Å². The highest BCUT2D eigenvalue weighted by molar-refractivity contribution is 7.81. The van der Waals surface area contributed by atoms with Gasteiger partial charge in [-0.05, 0) is 13.8 Å². The van der Waals surface area contributed by atoms with Crippen molar-refractivity contribution < 1.29 is 9.53 Å². The van der Waals surface area contributed by atoms with Gasteiger partial charge in [0, 0.05) is 0 Å². The van der Waals surface area contributed by atoms with Crippen LogP contribution in [0.5, 0.6) is 0 Å². The summed E-state index contributed by atoms with van der Waals surface area (Å²) in [6.45, 7) is 3.62. The number of carbonyl (C=O) groups excluding carboxylic acids is 1. The van der Waals surface area contributed by atoms with Crippen LogP contribution in [0.3, 0.4) is 0 Å². The van der Waals surface area contributed by atoms with E-state index in [1.807, 2.05) is 6.92 Å². The highest BCUT2D eigenvalue weighted by Crippen LogP contribution is 2.20. The first kappa shape index (κ1) is 7.09. The summed E-state index contributed by atoms with van der Waals surface area (Å²) in [6.07, 6.45) is -0.265. The number of Topliss-reactive ketones (excluding diaryl/α,β-unsaturated/α-hetero) is 1. The summed E-state index contributed by atoms with van der Waals surface area (Å²) in [5, 5.41) is -0.208. The molecule has 0 amide bonds. The Morgan fingerprint density at radius 2 is 2.11 bits per heavy atom. The van der Waals surface area contributed by atoms with E-state index in [-0.39, 0.29) is 23.2 Å². The first-order chi connectivity index (χ1) is 4.13. The minimum Gasteiger partial charge on any atom is -0.366 e. The van der Waals surface area contributed by atoms with Gasteiger partial charge < -0.3 is 4.74 Å². The Morgan fingerprint density at radius 3 is 2.22 bits per heavy atom. The Balaban J connectivity index is 2.65. The van der Waals surface area contributed by atoms with Crippen molar-refractivity contribution in [1.82, 2.24) is 0 Å². The first-order valence-corrected chi connectivity index (χ1v) is 3.52. The summed E-state index contributed by atoms with van der Waals surface area (Å²) < 4.78 is 5.16. The number of hydrogen-bond donors (Lipinski definition) is 1. The second-order valence-corrected chi connectivity index (χ2v) is 2.89. The van der Waals surface area contributed by atoms with Crippen LogP contribution in [-0.2, 0) is 9.53 Å². The zero-order valence-electron chi connectivity index (χ0n) is 5.50. The Labute approximate surface area is 60.0 Å². The summed E-state index contributed by atoms with van der Waals surface area (Å²) >= 11 is 4.07. The topological polar surface area (TPSA) is 26.3 Å². The molecule has 3 heteroatoms.